The van der Waals surface area contributed by atoms with Gasteiger partial charge < -0.3 is 5.32 Å². The van der Waals surface area contributed by atoms with Crippen LogP contribution in [0.15, 0.2) is 88.4 Å². The Morgan fingerprint density at radius 2 is 1.32 bits per heavy atom. The number of nitrogens with zero attached hydrogens (tertiary/aromatic N) is 1. The van der Waals surface area contributed by atoms with Crippen molar-refractivity contribution in [1.82, 2.24) is 5.43 Å². The minimum Gasteiger partial charge on any atom is -0.322 e. The van der Waals surface area contributed by atoms with Gasteiger partial charge in [0.1, 0.15) is 0 Å². The van der Waals surface area contributed by atoms with E-state index in [1.54, 1.807) is 48.5 Å². The van der Waals surface area contributed by atoms with Gasteiger partial charge in [0, 0.05) is 21.3 Å². The molecule has 0 atom stereocenters. The third-order valence-electron chi connectivity index (χ3n) is 4.03. The number of amides is 2. The second kappa shape index (κ2) is 9.10. The molecule has 0 aromatic heterocycles. The van der Waals surface area contributed by atoms with Gasteiger partial charge in [-0.15, -0.1) is 0 Å². The zero-order chi connectivity index (χ0) is 19.9. The van der Waals surface area contributed by atoms with Gasteiger partial charge >= 0.3 is 0 Å². The average Bonchev–Trinajstić information content (AvgIpc) is 2.73. The fraction of sp³-hybridized carbons (Fsp3) is 0.0455. The van der Waals surface area contributed by atoms with Crippen molar-refractivity contribution in [2.75, 3.05) is 5.32 Å². The van der Waals surface area contributed by atoms with E-state index in [1.165, 1.54) is 0 Å². The summed E-state index contributed by atoms with van der Waals surface area (Å²) in [6.07, 6.45) is 0. The zero-order valence-electron chi connectivity index (χ0n) is 15.1. The second-order valence-corrected chi connectivity index (χ2v) is 6.96. The molecule has 0 heterocycles. The molecule has 3 aromatic rings. The van der Waals surface area contributed by atoms with Crippen LogP contribution in [0.5, 0.6) is 0 Å². The van der Waals surface area contributed by atoms with E-state index >= 15 is 0 Å². The lowest BCUT2D eigenvalue weighted by atomic mass is 10.1. The highest BCUT2D eigenvalue weighted by Gasteiger charge is 2.08. The predicted octanol–water partition coefficient (Wildman–Crippen LogP) is 4.86. The Kier molecular flexibility index (Phi) is 6.34. The van der Waals surface area contributed by atoms with Crippen LogP contribution in [0.4, 0.5) is 5.69 Å². The number of carbonyl (C=O) groups is 2. The first-order chi connectivity index (χ1) is 13.5. The van der Waals surface area contributed by atoms with Crippen molar-refractivity contribution in [3.05, 3.63) is 100 Å². The quantitative estimate of drug-likeness (QED) is 0.443. The van der Waals surface area contributed by atoms with Gasteiger partial charge in [-0.05, 0) is 61.0 Å². The Bertz CT molecular complexity index is 998. The minimum absolute atomic E-state index is 0.201. The number of rotatable bonds is 5. The van der Waals surface area contributed by atoms with Crippen molar-refractivity contribution in [1.29, 1.82) is 0 Å². The molecular weight excluding hydrogens is 418 g/mol. The number of benzene rings is 3. The number of nitrogens with one attached hydrogen (secondary N) is 2. The van der Waals surface area contributed by atoms with Gasteiger partial charge in [-0.25, -0.2) is 5.43 Å². The van der Waals surface area contributed by atoms with Gasteiger partial charge in [-0.3, -0.25) is 9.59 Å². The maximum Gasteiger partial charge on any atom is 0.271 e. The monoisotopic (exact) mass is 435 g/mol. The molecule has 0 radical (unpaired) electrons. The summed E-state index contributed by atoms with van der Waals surface area (Å²) in [4.78, 5) is 24.4. The van der Waals surface area contributed by atoms with Crippen LogP contribution in [0, 0.1) is 0 Å². The molecule has 3 rings (SSSR count). The van der Waals surface area contributed by atoms with E-state index in [0.717, 1.165) is 10.0 Å². The summed E-state index contributed by atoms with van der Waals surface area (Å²) < 4.78 is 0.979. The summed E-state index contributed by atoms with van der Waals surface area (Å²) in [6.45, 7) is 1.83. The summed E-state index contributed by atoms with van der Waals surface area (Å²) in [7, 11) is 0. The molecule has 2 amide bonds. The molecule has 0 aliphatic heterocycles. The summed E-state index contributed by atoms with van der Waals surface area (Å²) in [6, 6.07) is 23.2. The zero-order valence-corrected chi connectivity index (χ0v) is 16.7. The molecule has 0 aliphatic carbocycles. The van der Waals surface area contributed by atoms with Crippen molar-refractivity contribution < 1.29 is 9.59 Å². The van der Waals surface area contributed by atoms with Crippen molar-refractivity contribution in [2.24, 2.45) is 5.10 Å². The van der Waals surface area contributed by atoms with Crippen LogP contribution in [0.2, 0.25) is 0 Å². The first-order valence-corrected chi connectivity index (χ1v) is 9.39. The van der Waals surface area contributed by atoms with E-state index in [1.807, 2.05) is 37.3 Å². The summed E-state index contributed by atoms with van der Waals surface area (Å²) in [5.74, 6) is -0.523. The molecule has 3 aromatic carbocycles. The normalized spacial score (nSPS) is 11.0. The molecule has 0 bridgehead atoms. The molecule has 0 aliphatic rings. The lowest BCUT2D eigenvalue weighted by Crippen LogP contribution is -2.19. The maximum atomic E-state index is 12.3. The van der Waals surface area contributed by atoms with Gasteiger partial charge in [0.15, 0.2) is 0 Å². The van der Waals surface area contributed by atoms with Crippen LogP contribution in [0.3, 0.4) is 0 Å². The van der Waals surface area contributed by atoms with Crippen molar-refractivity contribution >= 4 is 39.1 Å². The first-order valence-electron chi connectivity index (χ1n) is 8.60. The van der Waals surface area contributed by atoms with E-state index in [2.05, 4.69) is 31.8 Å². The molecule has 140 valence electrons. The summed E-state index contributed by atoms with van der Waals surface area (Å²) in [5.41, 5.74) is 5.80. The maximum absolute atomic E-state index is 12.3. The van der Waals surface area contributed by atoms with Crippen molar-refractivity contribution in [2.45, 2.75) is 6.92 Å². The third-order valence-corrected chi connectivity index (χ3v) is 4.56. The third kappa shape index (κ3) is 5.14. The fourth-order valence-corrected chi connectivity index (χ4v) is 2.72. The molecule has 5 nitrogen and oxygen atoms in total. The van der Waals surface area contributed by atoms with Gasteiger partial charge in [-0.1, -0.05) is 46.3 Å². The highest BCUT2D eigenvalue weighted by molar-refractivity contribution is 9.10. The number of anilines is 1. The van der Waals surface area contributed by atoms with Gasteiger partial charge in [-0.2, -0.15) is 5.10 Å². The van der Waals surface area contributed by atoms with Crippen LogP contribution >= 0.6 is 15.9 Å². The molecule has 0 spiro atoms. The number of hydrazone groups is 1. The Morgan fingerprint density at radius 3 is 1.96 bits per heavy atom. The molecule has 6 heteroatoms. The number of carbonyl (C=O) groups excluding carboxylic acids is 2. The lowest BCUT2D eigenvalue weighted by Gasteiger charge is -2.07. The highest BCUT2D eigenvalue weighted by atomic mass is 79.9. The van der Waals surface area contributed by atoms with E-state index < -0.39 is 0 Å². The smallest absolute Gasteiger partial charge is 0.271 e. The number of hydrogen-bond acceptors (Lipinski definition) is 3. The topological polar surface area (TPSA) is 70.6 Å². The summed E-state index contributed by atoms with van der Waals surface area (Å²) >= 11 is 3.39. The molecule has 0 saturated carbocycles. The second-order valence-electron chi connectivity index (χ2n) is 6.04. The van der Waals surface area contributed by atoms with Crippen LogP contribution in [0.1, 0.15) is 33.2 Å². The summed E-state index contributed by atoms with van der Waals surface area (Å²) in [5, 5.41) is 6.94. The Balaban J connectivity index is 1.61. The van der Waals surface area contributed by atoms with Crippen molar-refractivity contribution in [3.63, 3.8) is 0 Å². The predicted molar refractivity (Wildman–Crippen MR) is 115 cm³/mol. The van der Waals surface area contributed by atoms with Gasteiger partial charge in [0.2, 0.25) is 0 Å². The molecular formula is C22H18BrN3O2. The van der Waals surface area contributed by atoms with Crippen molar-refractivity contribution in [3.8, 4) is 0 Å². The molecule has 0 saturated heterocycles. The minimum atomic E-state index is -0.322. The van der Waals surface area contributed by atoms with E-state index in [4.69, 9.17) is 0 Å². The Morgan fingerprint density at radius 1 is 0.750 bits per heavy atom. The Hall–Kier alpha value is -3.25. The van der Waals surface area contributed by atoms with Gasteiger partial charge in [0.25, 0.3) is 11.8 Å². The lowest BCUT2D eigenvalue weighted by molar-refractivity contribution is 0.0954. The van der Waals surface area contributed by atoms with Crippen LogP contribution in [-0.4, -0.2) is 17.5 Å². The molecule has 2 N–H and O–H groups in total. The largest absolute Gasteiger partial charge is 0.322 e. The molecule has 0 fully saturated rings. The first kappa shape index (κ1) is 19.5. The SMILES string of the molecule is C/C(=N/NC(=O)c1ccc(NC(=O)c2ccccc2)cc1)c1ccc(Br)cc1. The Labute approximate surface area is 171 Å². The van der Waals surface area contributed by atoms with Crippen LogP contribution < -0.4 is 10.7 Å². The number of hydrogen-bond donors (Lipinski definition) is 2. The van der Waals surface area contributed by atoms with Crippen LogP contribution in [-0.2, 0) is 0 Å². The van der Waals surface area contributed by atoms with Gasteiger partial charge in [0.05, 0.1) is 5.71 Å². The van der Waals surface area contributed by atoms with E-state index in [0.29, 0.717) is 22.5 Å². The fourth-order valence-electron chi connectivity index (χ4n) is 2.45. The molecule has 28 heavy (non-hydrogen) atoms. The average molecular weight is 436 g/mol. The molecule has 0 unspecified atom stereocenters. The van der Waals surface area contributed by atoms with Crippen LogP contribution in [0.25, 0.3) is 0 Å². The van der Waals surface area contributed by atoms with E-state index in [-0.39, 0.29) is 11.8 Å². The standard InChI is InChI=1S/C22H18BrN3O2/c1-15(16-7-11-19(23)12-8-16)25-26-22(28)18-9-13-20(14-10-18)24-21(27)17-5-3-2-4-6-17/h2-14H,1H3,(H,24,27)(H,26,28)/b25-15-. The number of halogens is 1. The van der Waals surface area contributed by atoms with E-state index in [9.17, 15) is 9.59 Å². The highest BCUT2D eigenvalue weighted by Crippen LogP contribution is 2.13.